The summed E-state index contributed by atoms with van der Waals surface area (Å²) in [4.78, 5) is 14.3. The number of hydrogen-bond acceptors (Lipinski definition) is 4. The fourth-order valence-electron chi connectivity index (χ4n) is 3.51. The second-order valence-electron chi connectivity index (χ2n) is 7.49. The zero-order valence-electron chi connectivity index (χ0n) is 16.4. The summed E-state index contributed by atoms with van der Waals surface area (Å²) in [6, 6.07) is 4.33. The van der Waals surface area contributed by atoms with Gasteiger partial charge in [-0.3, -0.25) is 0 Å². The molecule has 1 N–H and O–H groups in total. The Morgan fingerprint density at radius 1 is 1.31 bits per heavy atom. The second kappa shape index (κ2) is 9.49. The summed E-state index contributed by atoms with van der Waals surface area (Å²) in [5, 5.41) is 4.17. The first kappa shape index (κ1) is 19.3. The van der Waals surface area contributed by atoms with Crippen LogP contribution in [0.2, 0.25) is 0 Å². The van der Waals surface area contributed by atoms with E-state index in [1.807, 2.05) is 6.20 Å². The molecule has 0 bridgehead atoms. The molecule has 1 aromatic heterocycles. The fraction of sp³-hybridized carbons (Fsp3) is 0.700. The number of rotatable bonds is 5. The van der Waals surface area contributed by atoms with Crippen molar-refractivity contribution < 1.29 is 0 Å². The first-order chi connectivity index (χ1) is 12.7. The Bertz CT molecular complexity index is 580. The minimum atomic E-state index is 0.686. The van der Waals surface area contributed by atoms with Crippen LogP contribution in [0.15, 0.2) is 23.3 Å². The monoisotopic (exact) mass is 375 g/mol. The molecule has 3 rings (SSSR count). The Balaban J connectivity index is 1.63. The molecule has 2 aliphatic heterocycles. The molecule has 144 valence electrons. The van der Waals surface area contributed by atoms with E-state index in [9.17, 15) is 0 Å². The fourth-order valence-corrected chi connectivity index (χ4v) is 4.81. The van der Waals surface area contributed by atoms with E-state index < -0.39 is 0 Å². The quantitative estimate of drug-likeness (QED) is 0.632. The van der Waals surface area contributed by atoms with Crippen LogP contribution < -0.4 is 10.2 Å². The Hall–Kier alpha value is -1.43. The van der Waals surface area contributed by atoms with Crippen LogP contribution in [0, 0.1) is 5.92 Å². The minimum Gasteiger partial charge on any atom is -0.357 e. The van der Waals surface area contributed by atoms with Crippen molar-refractivity contribution >= 4 is 23.5 Å². The number of aromatic nitrogens is 1. The highest BCUT2D eigenvalue weighted by atomic mass is 32.2. The van der Waals surface area contributed by atoms with Crippen LogP contribution in [0.3, 0.4) is 0 Å². The van der Waals surface area contributed by atoms with Gasteiger partial charge in [-0.25, -0.2) is 9.98 Å². The van der Waals surface area contributed by atoms with Crippen molar-refractivity contribution in [2.75, 3.05) is 43.4 Å². The van der Waals surface area contributed by atoms with E-state index in [4.69, 9.17) is 4.99 Å². The molecule has 6 heteroatoms. The van der Waals surface area contributed by atoms with Gasteiger partial charge >= 0.3 is 0 Å². The van der Waals surface area contributed by atoms with Gasteiger partial charge in [0, 0.05) is 49.9 Å². The molecular formula is C20H33N5S. The summed E-state index contributed by atoms with van der Waals surface area (Å²) < 4.78 is 0. The molecule has 2 aliphatic rings. The van der Waals surface area contributed by atoms with Gasteiger partial charge in [-0.1, -0.05) is 19.9 Å². The largest absolute Gasteiger partial charge is 0.357 e. The lowest BCUT2D eigenvalue weighted by Gasteiger charge is -2.36. The number of nitrogens with one attached hydrogen (secondary N) is 1. The molecule has 5 nitrogen and oxygen atoms in total. The third kappa shape index (κ3) is 5.06. The second-order valence-corrected chi connectivity index (χ2v) is 8.84. The maximum absolute atomic E-state index is 4.90. The van der Waals surface area contributed by atoms with E-state index >= 15 is 0 Å². The Morgan fingerprint density at radius 2 is 2.12 bits per heavy atom. The Labute approximate surface area is 162 Å². The zero-order chi connectivity index (χ0) is 18.4. The van der Waals surface area contributed by atoms with Crippen LogP contribution in [0.1, 0.15) is 39.2 Å². The number of thioether (sulfide) groups is 1. The van der Waals surface area contributed by atoms with Crippen molar-refractivity contribution in [1.82, 2.24) is 15.2 Å². The summed E-state index contributed by atoms with van der Waals surface area (Å²) in [6.45, 7) is 12.8. The smallest absolute Gasteiger partial charge is 0.194 e. The highest BCUT2D eigenvalue weighted by Crippen LogP contribution is 2.25. The van der Waals surface area contributed by atoms with Crippen LogP contribution in [-0.4, -0.2) is 59.6 Å². The van der Waals surface area contributed by atoms with Gasteiger partial charge in [0.1, 0.15) is 5.82 Å². The van der Waals surface area contributed by atoms with E-state index in [0.29, 0.717) is 17.7 Å². The molecule has 26 heavy (non-hydrogen) atoms. The number of nitrogens with zero attached hydrogens (tertiary/aromatic N) is 4. The highest BCUT2D eigenvalue weighted by Gasteiger charge is 2.24. The molecule has 0 aromatic carbocycles. The van der Waals surface area contributed by atoms with E-state index in [1.165, 1.54) is 24.2 Å². The Morgan fingerprint density at radius 3 is 2.77 bits per heavy atom. The summed E-state index contributed by atoms with van der Waals surface area (Å²) in [6.07, 6.45) is 4.56. The number of aliphatic imine (C=N–C) groups is 1. The summed E-state index contributed by atoms with van der Waals surface area (Å²) in [5.41, 5.74) is 1.18. The summed E-state index contributed by atoms with van der Waals surface area (Å²) >= 11 is 2.10. The number of anilines is 1. The lowest BCUT2D eigenvalue weighted by Crippen LogP contribution is -2.49. The molecular weight excluding hydrogens is 342 g/mol. The van der Waals surface area contributed by atoms with Crippen LogP contribution >= 0.6 is 11.8 Å². The van der Waals surface area contributed by atoms with Crippen molar-refractivity contribution in [3.8, 4) is 0 Å². The van der Waals surface area contributed by atoms with Crippen LogP contribution in [0.5, 0.6) is 0 Å². The minimum absolute atomic E-state index is 0.686. The molecule has 1 aromatic rings. The van der Waals surface area contributed by atoms with Gasteiger partial charge in [-0.05, 0) is 37.3 Å². The topological polar surface area (TPSA) is 43.8 Å². The van der Waals surface area contributed by atoms with Gasteiger partial charge in [-0.2, -0.15) is 11.8 Å². The maximum Gasteiger partial charge on any atom is 0.194 e. The van der Waals surface area contributed by atoms with Gasteiger partial charge in [0.15, 0.2) is 5.96 Å². The zero-order valence-corrected chi connectivity index (χ0v) is 17.3. The van der Waals surface area contributed by atoms with Gasteiger partial charge in [0.2, 0.25) is 0 Å². The van der Waals surface area contributed by atoms with Crippen molar-refractivity contribution in [1.29, 1.82) is 0 Å². The molecule has 2 saturated heterocycles. The van der Waals surface area contributed by atoms with Crippen molar-refractivity contribution in [3.05, 3.63) is 23.9 Å². The third-order valence-corrected chi connectivity index (χ3v) is 6.66. The van der Waals surface area contributed by atoms with Crippen LogP contribution in [0.4, 0.5) is 5.82 Å². The normalized spacial score (nSPS) is 21.5. The summed E-state index contributed by atoms with van der Waals surface area (Å²) in [5.74, 6) is 4.03. The lowest BCUT2D eigenvalue weighted by molar-refractivity contribution is 0.381. The molecule has 1 unspecified atom stereocenters. The van der Waals surface area contributed by atoms with E-state index in [1.54, 1.807) is 0 Å². The molecule has 0 radical (unpaired) electrons. The van der Waals surface area contributed by atoms with E-state index in [0.717, 1.165) is 44.5 Å². The molecule has 1 atom stereocenters. The van der Waals surface area contributed by atoms with Crippen molar-refractivity contribution in [2.24, 2.45) is 10.9 Å². The predicted molar refractivity (Wildman–Crippen MR) is 113 cm³/mol. The maximum atomic E-state index is 4.90. The predicted octanol–water partition coefficient (Wildman–Crippen LogP) is 3.22. The summed E-state index contributed by atoms with van der Waals surface area (Å²) in [7, 11) is 0. The number of hydrogen-bond donors (Lipinski definition) is 1. The molecule has 0 amide bonds. The molecule has 2 fully saturated rings. The van der Waals surface area contributed by atoms with Gasteiger partial charge < -0.3 is 15.1 Å². The molecule has 0 aliphatic carbocycles. The van der Waals surface area contributed by atoms with Gasteiger partial charge in [0.25, 0.3) is 0 Å². The average Bonchev–Trinajstić information content (AvgIpc) is 3.20. The lowest BCUT2D eigenvalue weighted by atomic mass is 10.1. The number of guanidine groups is 1. The highest BCUT2D eigenvalue weighted by molar-refractivity contribution is 8.00. The van der Waals surface area contributed by atoms with Crippen LogP contribution in [-0.2, 0) is 6.54 Å². The average molecular weight is 376 g/mol. The Kier molecular flexibility index (Phi) is 7.06. The van der Waals surface area contributed by atoms with Crippen LogP contribution in [0.25, 0.3) is 0 Å². The molecule has 0 saturated carbocycles. The van der Waals surface area contributed by atoms with Crippen molar-refractivity contribution in [3.63, 3.8) is 0 Å². The van der Waals surface area contributed by atoms with Crippen molar-refractivity contribution in [2.45, 2.75) is 45.4 Å². The van der Waals surface area contributed by atoms with Gasteiger partial charge in [0.05, 0.1) is 6.54 Å². The third-order valence-electron chi connectivity index (χ3n) is 5.12. The standard InChI is InChI=1S/C20H33N5S/c1-4-21-20(25-11-12-26-18(15-25)16(2)3)23-14-17-7-8-19(22-13-17)24-9-5-6-10-24/h7-8,13,16,18H,4-6,9-12,14-15H2,1-3H3,(H,21,23). The first-order valence-corrected chi connectivity index (χ1v) is 11.1. The van der Waals surface area contributed by atoms with E-state index in [2.05, 4.69) is 64.8 Å². The first-order valence-electron chi connectivity index (χ1n) is 10.0. The SMILES string of the molecule is CCNC(=NCc1ccc(N2CCCC2)nc1)N1CCSC(C(C)C)C1. The molecule has 3 heterocycles. The number of pyridine rings is 1. The van der Waals surface area contributed by atoms with Gasteiger partial charge in [-0.15, -0.1) is 0 Å². The molecule has 0 spiro atoms. The van der Waals surface area contributed by atoms with E-state index in [-0.39, 0.29) is 0 Å².